The summed E-state index contributed by atoms with van der Waals surface area (Å²) in [5.74, 6) is -1.69. The zero-order valence-electron chi connectivity index (χ0n) is 16.6. The number of hydrogen-bond acceptors (Lipinski definition) is 7. The number of nitrogens with zero attached hydrogens (tertiary/aromatic N) is 1. The molecule has 1 aliphatic heterocycles. The highest BCUT2D eigenvalue weighted by Crippen LogP contribution is 2.29. The monoisotopic (exact) mass is 412 g/mol. The normalized spacial score (nSPS) is 13.5. The number of rotatable bonds is 7. The van der Waals surface area contributed by atoms with E-state index in [1.54, 1.807) is 30.3 Å². The number of anilines is 1. The highest BCUT2D eigenvalue weighted by atomic mass is 16.5. The number of esters is 1. The molecule has 0 aromatic heterocycles. The van der Waals surface area contributed by atoms with Gasteiger partial charge in [-0.2, -0.15) is 0 Å². The molecule has 0 radical (unpaired) electrons. The summed E-state index contributed by atoms with van der Waals surface area (Å²) in [7, 11) is 2.96. The summed E-state index contributed by atoms with van der Waals surface area (Å²) in [5.41, 5.74) is 0.879. The first-order valence-corrected chi connectivity index (χ1v) is 9.02. The quantitative estimate of drug-likeness (QED) is 0.546. The molecule has 0 fully saturated rings. The van der Waals surface area contributed by atoms with Crippen LogP contribution in [0.3, 0.4) is 0 Å². The van der Waals surface area contributed by atoms with Crippen LogP contribution in [0, 0.1) is 0 Å². The van der Waals surface area contributed by atoms with Crippen LogP contribution < -0.4 is 14.8 Å². The topological polar surface area (TPSA) is 111 Å². The van der Waals surface area contributed by atoms with E-state index in [4.69, 9.17) is 14.2 Å². The lowest BCUT2D eigenvalue weighted by Crippen LogP contribution is -2.44. The smallest absolute Gasteiger partial charge is 0.329 e. The molecule has 3 rings (SSSR count). The summed E-state index contributed by atoms with van der Waals surface area (Å²) in [6.45, 7) is 0.789. The molecule has 9 nitrogen and oxygen atoms in total. The van der Waals surface area contributed by atoms with E-state index in [9.17, 15) is 19.2 Å². The molecule has 1 N–H and O–H groups in total. The van der Waals surface area contributed by atoms with Crippen LogP contribution in [0.5, 0.6) is 11.5 Å². The van der Waals surface area contributed by atoms with E-state index in [0.717, 1.165) is 4.90 Å². The van der Waals surface area contributed by atoms with Crippen LogP contribution in [0.15, 0.2) is 42.5 Å². The molecule has 0 saturated carbocycles. The number of nitrogens with one attached hydrogen (secondary N) is 1. The average Bonchev–Trinajstić information content (AvgIpc) is 3.01. The van der Waals surface area contributed by atoms with Crippen molar-refractivity contribution in [1.29, 1.82) is 0 Å². The SMILES string of the molecule is COc1ccc(NC(=O)COC(=O)[C@@H](C)N2C(=O)c3ccccc3C2=O)cc1OC. The van der Waals surface area contributed by atoms with Crippen molar-refractivity contribution in [2.75, 3.05) is 26.1 Å². The number of amides is 3. The van der Waals surface area contributed by atoms with Crippen LogP contribution in [-0.2, 0) is 14.3 Å². The van der Waals surface area contributed by atoms with Gasteiger partial charge in [-0.25, -0.2) is 4.79 Å². The molecule has 3 amide bonds. The van der Waals surface area contributed by atoms with Gasteiger partial charge in [0.25, 0.3) is 17.7 Å². The summed E-state index contributed by atoms with van der Waals surface area (Å²) >= 11 is 0. The number of fused-ring (bicyclic) bond motifs is 1. The zero-order valence-corrected chi connectivity index (χ0v) is 16.6. The van der Waals surface area contributed by atoms with Crippen LogP contribution in [-0.4, -0.2) is 55.5 Å². The van der Waals surface area contributed by atoms with Crippen molar-refractivity contribution in [2.24, 2.45) is 0 Å². The first-order valence-electron chi connectivity index (χ1n) is 9.02. The van der Waals surface area contributed by atoms with Gasteiger partial charge in [-0.3, -0.25) is 19.3 Å². The van der Waals surface area contributed by atoms with Crippen molar-refractivity contribution in [3.63, 3.8) is 0 Å². The lowest BCUT2D eigenvalue weighted by molar-refractivity contribution is -0.150. The summed E-state index contributed by atoms with van der Waals surface area (Å²) in [6, 6.07) is 9.90. The van der Waals surface area contributed by atoms with Crippen LogP contribution in [0.4, 0.5) is 5.69 Å². The maximum atomic E-state index is 12.4. The Morgan fingerprint density at radius 3 is 2.13 bits per heavy atom. The van der Waals surface area contributed by atoms with Crippen LogP contribution in [0.1, 0.15) is 27.6 Å². The molecule has 1 heterocycles. The van der Waals surface area contributed by atoms with Gasteiger partial charge in [0.1, 0.15) is 6.04 Å². The number of methoxy groups -OCH3 is 2. The Labute approximate surface area is 172 Å². The number of carbonyl (C=O) groups excluding carboxylic acids is 4. The fourth-order valence-corrected chi connectivity index (χ4v) is 3.03. The molecule has 0 spiro atoms. The Morgan fingerprint density at radius 1 is 0.967 bits per heavy atom. The maximum absolute atomic E-state index is 12.4. The second-order valence-corrected chi connectivity index (χ2v) is 6.43. The average molecular weight is 412 g/mol. The van der Waals surface area contributed by atoms with Crippen LogP contribution in [0.2, 0.25) is 0 Å². The van der Waals surface area contributed by atoms with Gasteiger partial charge in [-0.15, -0.1) is 0 Å². The van der Waals surface area contributed by atoms with Crippen molar-refractivity contribution < 1.29 is 33.4 Å². The maximum Gasteiger partial charge on any atom is 0.329 e. The van der Waals surface area contributed by atoms with E-state index >= 15 is 0 Å². The minimum Gasteiger partial charge on any atom is -0.493 e. The summed E-state index contributed by atoms with van der Waals surface area (Å²) in [4.78, 5) is 50.2. The van der Waals surface area contributed by atoms with Gasteiger partial charge in [0.15, 0.2) is 18.1 Å². The van der Waals surface area contributed by atoms with E-state index in [2.05, 4.69) is 5.32 Å². The van der Waals surface area contributed by atoms with E-state index in [-0.39, 0.29) is 11.1 Å². The second-order valence-electron chi connectivity index (χ2n) is 6.43. The second kappa shape index (κ2) is 8.64. The molecule has 30 heavy (non-hydrogen) atoms. The third-order valence-electron chi connectivity index (χ3n) is 4.57. The molecule has 1 atom stereocenters. The number of carbonyl (C=O) groups is 4. The van der Waals surface area contributed by atoms with E-state index in [0.29, 0.717) is 17.2 Å². The van der Waals surface area contributed by atoms with Crippen molar-refractivity contribution in [1.82, 2.24) is 4.90 Å². The largest absolute Gasteiger partial charge is 0.493 e. The first-order chi connectivity index (χ1) is 14.4. The molecule has 1 aliphatic rings. The molecular formula is C21H20N2O7. The van der Waals surface area contributed by atoms with E-state index in [1.807, 2.05) is 0 Å². The number of imide groups is 1. The molecule has 9 heteroatoms. The Bertz CT molecular complexity index is 983. The molecule has 2 aromatic rings. The molecule has 2 aromatic carbocycles. The highest BCUT2D eigenvalue weighted by molar-refractivity contribution is 6.22. The van der Waals surface area contributed by atoms with Crippen molar-refractivity contribution >= 4 is 29.4 Å². The van der Waals surface area contributed by atoms with Crippen LogP contribution >= 0.6 is 0 Å². The van der Waals surface area contributed by atoms with Gasteiger partial charge in [-0.05, 0) is 31.2 Å². The molecule has 0 saturated heterocycles. The van der Waals surface area contributed by atoms with Crippen LogP contribution in [0.25, 0.3) is 0 Å². The van der Waals surface area contributed by atoms with Gasteiger partial charge in [0.05, 0.1) is 25.3 Å². The van der Waals surface area contributed by atoms with Gasteiger partial charge in [0.2, 0.25) is 0 Å². The fraction of sp³-hybridized carbons (Fsp3) is 0.238. The Hall–Kier alpha value is -3.88. The van der Waals surface area contributed by atoms with Gasteiger partial charge in [0, 0.05) is 11.8 Å². The van der Waals surface area contributed by atoms with E-state index < -0.39 is 36.3 Å². The van der Waals surface area contributed by atoms with Crippen molar-refractivity contribution in [3.05, 3.63) is 53.6 Å². The van der Waals surface area contributed by atoms with Crippen molar-refractivity contribution in [2.45, 2.75) is 13.0 Å². The minimum atomic E-state index is -1.17. The predicted octanol–water partition coefficient (Wildman–Crippen LogP) is 1.87. The number of ether oxygens (including phenoxy) is 3. The van der Waals surface area contributed by atoms with E-state index in [1.165, 1.54) is 33.3 Å². The summed E-state index contributed by atoms with van der Waals surface area (Å²) in [5, 5.41) is 2.56. The first kappa shape index (κ1) is 20.8. The predicted molar refractivity (Wildman–Crippen MR) is 106 cm³/mol. The third kappa shape index (κ3) is 3.95. The standard InChI is InChI=1S/C21H20N2O7/c1-12(23-19(25)14-6-4-5-7-15(14)20(23)26)21(27)30-11-18(24)22-13-8-9-16(28-2)17(10-13)29-3/h4-10,12H,11H2,1-3H3,(H,22,24)/t12-/m1/s1. The lowest BCUT2D eigenvalue weighted by atomic mass is 10.1. The highest BCUT2D eigenvalue weighted by Gasteiger charge is 2.41. The molecule has 0 aliphatic carbocycles. The van der Waals surface area contributed by atoms with Crippen molar-refractivity contribution in [3.8, 4) is 11.5 Å². The summed E-state index contributed by atoms with van der Waals surface area (Å²) in [6.07, 6.45) is 0. The molecule has 156 valence electrons. The lowest BCUT2D eigenvalue weighted by Gasteiger charge is -2.20. The number of hydrogen-bond donors (Lipinski definition) is 1. The zero-order chi connectivity index (χ0) is 21.8. The third-order valence-corrected chi connectivity index (χ3v) is 4.57. The van der Waals surface area contributed by atoms with Gasteiger partial charge < -0.3 is 19.5 Å². The molecule has 0 unspecified atom stereocenters. The molecular weight excluding hydrogens is 392 g/mol. The molecule has 0 bridgehead atoms. The van der Waals surface area contributed by atoms with Gasteiger partial charge >= 0.3 is 5.97 Å². The number of benzene rings is 2. The van der Waals surface area contributed by atoms with Gasteiger partial charge in [-0.1, -0.05) is 12.1 Å². The Balaban J connectivity index is 1.58. The Morgan fingerprint density at radius 2 is 1.57 bits per heavy atom. The minimum absolute atomic E-state index is 0.230. The summed E-state index contributed by atoms with van der Waals surface area (Å²) < 4.78 is 15.3. The fourth-order valence-electron chi connectivity index (χ4n) is 3.03. The Kier molecular flexibility index (Phi) is 6.01.